The zero-order chi connectivity index (χ0) is 12.0. The fourth-order valence-corrected chi connectivity index (χ4v) is 2.43. The van der Waals surface area contributed by atoms with Gasteiger partial charge in [-0.3, -0.25) is 0 Å². The lowest BCUT2D eigenvalue weighted by Crippen LogP contribution is -2.32. The predicted octanol–water partition coefficient (Wildman–Crippen LogP) is 3.81. The molecule has 0 amide bonds. The minimum Gasteiger partial charge on any atom is -0.316 e. The summed E-state index contributed by atoms with van der Waals surface area (Å²) in [6, 6.07) is 11.5. The Bertz CT molecular complexity index is 275. The minimum atomic E-state index is 0.588. The van der Waals surface area contributed by atoms with Crippen LogP contribution in [0.2, 0.25) is 0 Å². The highest BCUT2D eigenvalue weighted by Crippen LogP contribution is 2.28. The number of likely N-dealkylation sites (N-methyl/N-ethyl adjacent to an activating group) is 1. The predicted molar refractivity (Wildman–Crippen MR) is 71.8 cm³/mol. The van der Waals surface area contributed by atoms with Gasteiger partial charge in [0.05, 0.1) is 0 Å². The van der Waals surface area contributed by atoms with E-state index in [4.69, 9.17) is 0 Å². The molecule has 0 bridgehead atoms. The molecule has 0 aliphatic carbocycles. The Morgan fingerprint density at radius 1 is 1.12 bits per heavy atom. The maximum Gasteiger partial charge on any atom is 0.0130 e. The molecule has 0 spiro atoms. The molecule has 1 aromatic rings. The van der Waals surface area contributed by atoms with Crippen LogP contribution in [-0.4, -0.2) is 13.1 Å². The van der Waals surface area contributed by atoms with Gasteiger partial charge in [0.15, 0.2) is 0 Å². The molecule has 0 saturated heterocycles. The van der Waals surface area contributed by atoms with Crippen LogP contribution < -0.4 is 5.32 Å². The van der Waals surface area contributed by atoms with Crippen LogP contribution in [0.15, 0.2) is 30.3 Å². The number of hydrogen-bond donors (Lipinski definition) is 1. The highest BCUT2D eigenvalue weighted by Gasteiger charge is 2.20. The molecule has 1 nitrogen and oxygen atoms in total. The molecular weight excluding hydrogens is 194 g/mol. The van der Waals surface area contributed by atoms with Gasteiger partial charge in [-0.15, -0.1) is 0 Å². The van der Waals surface area contributed by atoms with Crippen LogP contribution in [0.3, 0.4) is 0 Å². The average molecular weight is 219 g/mol. The molecule has 0 aliphatic rings. The average Bonchev–Trinajstić information content (AvgIpc) is 2.30. The van der Waals surface area contributed by atoms with Crippen molar-refractivity contribution in [2.45, 2.75) is 45.6 Å². The summed E-state index contributed by atoms with van der Waals surface area (Å²) in [5, 5.41) is 3.46. The van der Waals surface area contributed by atoms with Gasteiger partial charge in [-0.05, 0) is 37.3 Å². The molecule has 0 aliphatic heterocycles. The highest BCUT2D eigenvalue weighted by atomic mass is 14.9. The van der Waals surface area contributed by atoms with Gasteiger partial charge in [0.1, 0.15) is 0 Å². The van der Waals surface area contributed by atoms with Crippen molar-refractivity contribution in [1.29, 1.82) is 0 Å². The number of rotatable bonds is 6. The summed E-state index contributed by atoms with van der Waals surface area (Å²) in [5.41, 5.74) is 1.47. The smallest absolute Gasteiger partial charge is 0.0130 e. The topological polar surface area (TPSA) is 12.0 Å². The Labute approximate surface area is 100 Å². The lowest BCUT2D eigenvalue weighted by atomic mass is 9.83. The summed E-state index contributed by atoms with van der Waals surface area (Å²) in [4.78, 5) is 0. The van der Waals surface area contributed by atoms with E-state index in [9.17, 15) is 0 Å². The van der Waals surface area contributed by atoms with Crippen molar-refractivity contribution in [3.8, 4) is 0 Å². The third kappa shape index (κ3) is 3.64. The molecule has 0 aromatic heterocycles. The first kappa shape index (κ1) is 13.2. The van der Waals surface area contributed by atoms with Crippen LogP contribution in [0.4, 0.5) is 0 Å². The number of benzene rings is 1. The Balaban J connectivity index is 2.86. The summed E-state index contributed by atoms with van der Waals surface area (Å²) in [5.74, 6) is 1.38. The van der Waals surface area contributed by atoms with Gasteiger partial charge < -0.3 is 5.32 Å². The summed E-state index contributed by atoms with van der Waals surface area (Å²) >= 11 is 0. The van der Waals surface area contributed by atoms with Gasteiger partial charge in [0.25, 0.3) is 0 Å². The van der Waals surface area contributed by atoms with Crippen LogP contribution in [0, 0.1) is 5.92 Å². The summed E-state index contributed by atoms with van der Waals surface area (Å²) in [6.07, 6.45) is 2.44. The second kappa shape index (κ2) is 6.70. The highest BCUT2D eigenvalue weighted by molar-refractivity contribution is 5.21. The second-order valence-electron chi connectivity index (χ2n) is 4.95. The summed E-state index contributed by atoms with van der Waals surface area (Å²) < 4.78 is 0. The van der Waals surface area contributed by atoms with Crippen LogP contribution in [0.1, 0.15) is 45.1 Å². The van der Waals surface area contributed by atoms with Gasteiger partial charge in [-0.1, -0.05) is 51.1 Å². The fraction of sp³-hybridized carbons (Fsp3) is 0.600. The van der Waals surface area contributed by atoms with Crippen molar-refractivity contribution in [2.75, 3.05) is 7.05 Å². The van der Waals surface area contributed by atoms with Gasteiger partial charge in [-0.2, -0.15) is 0 Å². The first-order valence-electron chi connectivity index (χ1n) is 6.41. The van der Waals surface area contributed by atoms with Crippen LogP contribution >= 0.6 is 0 Å². The Morgan fingerprint density at radius 3 is 2.19 bits per heavy atom. The Kier molecular flexibility index (Phi) is 5.54. The molecule has 90 valence electrons. The van der Waals surface area contributed by atoms with Crippen LogP contribution in [0.25, 0.3) is 0 Å². The largest absolute Gasteiger partial charge is 0.316 e. The van der Waals surface area contributed by atoms with E-state index >= 15 is 0 Å². The molecule has 0 radical (unpaired) electrons. The van der Waals surface area contributed by atoms with E-state index in [-0.39, 0.29) is 0 Å². The molecule has 0 saturated carbocycles. The van der Waals surface area contributed by atoms with Crippen LogP contribution in [-0.2, 0) is 0 Å². The first-order chi connectivity index (χ1) is 7.69. The third-order valence-electron chi connectivity index (χ3n) is 3.25. The summed E-state index contributed by atoms with van der Waals surface area (Å²) in [7, 11) is 2.07. The molecule has 16 heavy (non-hydrogen) atoms. The molecular formula is C15H25N. The fourth-order valence-electron chi connectivity index (χ4n) is 2.43. The van der Waals surface area contributed by atoms with E-state index in [0.29, 0.717) is 12.0 Å². The second-order valence-corrected chi connectivity index (χ2v) is 4.95. The molecule has 2 unspecified atom stereocenters. The molecule has 0 fully saturated rings. The number of nitrogens with one attached hydrogen (secondary N) is 1. The van der Waals surface area contributed by atoms with Crippen molar-refractivity contribution in [1.82, 2.24) is 5.32 Å². The molecule has 1 heteroatoms. The molecule has 0 heterocycles. The van der Waals surface area contributed by atoms with E-state index in [2.05, 4.69) is 63.5 Å². The third-order valence-corrected chi connectivity index (χ3v) is 3.25. The Hall–Kier alpha value is -0.820. The number of hydrogen-bond acceptors (Lipinski definition) is 1. The van der Waals surface area contributed by atoms with Gasteiger partial charge in [0, 0.05) is 6.04 Å². The molecule has 1 aromatic carbocycles. The minimum absolute atomic E-state index is 0.588. The normalized spacial score (nSPS) is 15.1. The standard InChI is InChI=1S/C15H25N/c1-5-15(16-4)14(11-12(2)3)13-9-7-6-8-10-13/h6-10,12,14-16H,5,11H2,1-4H3. The molecule has 1 rings (SSSR count). The van der Waals surface area contributed by atoms with Crippen molar-refractivity contribution in [3.05, 3.63) is 35.9 Å². The molecule has 2 atom stereocenters. The first-order valence-corrected chi connectivity index (χ1v) is 6.41. The maximum atomic E-state index is 3.46. The van der Waals surface area contributed by atoms with E-state index < -0.39 is 0 Å². The lowest BCUT2D eigenvalue weighted by molar-refractivity contribution is 0.386. The monoisotopic (exact) mass is 219 g/mol. The van der Waals surface area contributed by atoms with E-state index in [1.807, 2.05) is 0 Å². The zero-order valence-electron chi connectivity index (χ0n) is 11.0. The van der Waals surface area contributed by atoms with Crippen molar-refractivity contribution >= 4 is 0 Å². The van der Waals surface area contributed by atoms with E-state index in [1.165, 1.54) is 18.4 Å². The Morgan fingerprint density at radius 2 is 1.75 bits per heavy atom. The zero-order valence-corrected chi connectivity index (χ0v) is 11.0. The van der Waals surface area contributed by atoms with E-state index in [0.717, 1.165) is 5.92 Å². The summed E-state index contributed by atoms with van der Waals surface area (Å²) in [6.45, 7) is 6.87. The van der Waals surface area contributed by atoms with Crippen molar-refractivity contribution < 1.29 is 0 Å². The van der Waals surface area contributed by atoms with Gasteiger partial charge >= 0.3 is 0 Å². The van der Waals surface area contributed by atoms with Gasteiger partial charge in [0.2, 0.25) is 0 Å². The van der Waals surface area contributed by atoms with Crippen molar-refractivity contribution in [2.24, 2.45) is 5.92 Å². The quantitative estimate of drug-likeness (QED) is 0.767. The van der Waals surface area contributed by atoms with Gasteiger partial charge in [-0.25, -0.2) is 0 Å². The van der Waals surface area contributed by atoms with Crippen LogP contribution in [0.5, 0.6) is 0 Å². The van der Waals surface area contributed by atoms with Crippen molar-refractivity contribution in [3.63, 3.8) is 0 Å². The van der Waals surface area contributed by atoms with E-state index in [1.54, 1.807) is 0 Å². The SMILES string of the molecule is CCC(NC)C(CC(C)C)c1ccccc1. The lowest BCUT2D eigenvalue weighted by Gasteiger charge is -2.28. The maximum absolute atomic E-state index is 3.46. The molecule has 1 N–H and O–H groups in total.